The summed E-state index contributed by atoms with van der Waals surface area (Å²) in [6, 6.07) is 69.0. The highest BCUT2D eigenvalue weighted by molar-refractivity contribution is 5.68. The number of ether oxygens (including phenoxy) is 11. The van der Waals surface area contributed by atoms with Crippen LogP contribution >= 0.6 is 0 Å². The second-order valence-electron chi connectivity index (χ2n) is 18.7. The normalized spacial score (nSPS) is 23.4. The van der Waals surface area contributed by atoms with Gasteiger partial charge in [0, 0.05) is 7.11 Å². The summed E-state index contributed by atoms with van der Waals surface area (Å²) in [5.41, 5.74) is 6.64. The minimum atomic E-state index is -1.16. The van der Waals surface area contributed by atoms with Gasteiger partial charge in [-0.15, -0.1) is 0 Å². The second kappa shape index (κ2) is 29.1. The van der Waals surface area contributed by atoms with Gasteiger partial charge in [0.2, 0.25) is 0 Å². The van der Waals surface area contributed by atoms with Crippen LogP contribution in [0.25, 0.3) is 0 Å². The molecule has 0 saturated carbocycles. The molecule has 0 spiro atoms. The number of amides is 1. The average Bonchev–Trinajstić information content (AvgIpc) is 3.48. The van der Waals surface area contributed by atoms with Gasteiger partial charge in [-0.05, 0) is 38.9 Å². The summed E-state index contributed by atoms with van der Waals surface area (Å²) >= 11 is 0. The van der Waals surface area contributed by atoms with Crippen LogP contribution in [-0.2, 0) is 98.4 Å². The third-order valence-electron chi connectivity index (χ3n) is 13.2. The van der Waals surface area contributed by atoms with Gasteiger partial charge in [-0.25, -0.2) is 4.79 Å². The molecule has 2 aliphatic heterocycles. The molecule has 2 fully saturated rings. The first-order valence-corrected chi connectivity index (χ1v) is 25.9. The first-order chi connectivity index (χ1) is 37.6. The first-order valence-electron chi connectivity index (χ1n) is 25.9. The summed E-state index contributed by atoms with van der Waals surface area (Å²) in [6.45, 7) is 1.87. The van der Waals surface area contributed by atoms with Crippen molar-refractivity contribution in [1.29, 1.82) is 0 Å². The Bertz CT molecular complexity index is 2700. The van der Waals surface area contributed by atoms with Crippen molar-refractivity contribution in [2.75, 3.05) is 20.3 Å². The highest BCUT2D eigenvalue weighted by atomic mass is 16.7. The van der Waals surface area contributed by atoms with Gasteiger partial charge in [-0.2, -0.15) is 0 Å². The lowest BCUT2D eigenvalue weighted by molar-refractivity contribution is -0.313. The molecule has 9 rings (SSSR count). The SMILES string of the molecule is CO[C@@H]1O[C@H](COCc2ccccc2)[C@@H](OCc2ccccc2)[C@H](OCc2ccccc2)[C@@H]1OC(=O)N[C@@H]1O[C@H](COCc2ccccc2)[C@@H](OCc2ccccc2)[C@H](OCc2ccccc2)[C@H]1OCc1ccccc1. The van der Waals surface area contributed by atoms with Gasteiger partial charge in [0.25, 0.3) is 0 Å². The zero-order valence-corrected chi connectivity index (χ0v) is 42.7. The quantitative estimate of drug-likeness (QED) is 0.0554. The Hall–Kier alpha value is -6.59. The molecule has 13 nitrogen and oxygen atoms in total. The minimum Gasteiger partial charge on any atom is -0.438 e. The molecule has 2 aliphatic rings. The maximum Gasteiger partial charge on any atom is 0.409 e. The molecule has 0 radical (unpaired) electrons. The van der Waals surface area contributed by atoms with Crippen LogP contribution < -0.4 is 5.32 Å². The van der Waals surface area contributed by atoms with Crippen LogP contribution in [-0.4, -0.2) is 87.8 Å². The lowest BCUT2D eigenvalue weighted by Crippen LogP contribution is -2.66. The summed E-state index contributed by atoms with van der Waals surface area (Å²) in [6.07, 6.45) is -9.97. The molecule has 7 aromatic carbocycles. The Kier molecular flexibility index (Phi) is 20.7. The highest BCUT2D eigenvalue weighted by Crippen LogP contribution is 2.33. The van der Waals surface area contributed by atoms with Crippen molar-refractivity contribution < 1.29 is 56.9 Å². The van der Waals surface area contributed by atoms with Gasteiger partial charge in [-0.1, -0.05) is 212 Å². The minimum absolute atomic E-state index is 0.0873. The zero-order chi connectivity index (χ0) is 52.0. The van der Waals surface area contributed by atoms with Gasteiger partial charge in [0.05, 0.1) is 59.5 Å². The van der Waals surface area contributed by atoms with Crippen molar-refractivity contribution in [3.05, 3.63) is 251 Å². The predicted molar refractivity (Wildman–Crippen MR) is 285 cm³/mol. The molecule has 0 aliphatic carbocycles. The maximum absolute atomic E-state index is 15.0. The Morgan fingerprint density at radius 2 is 0.658 bits per heavy atom. The molecule has 1 N–H and O–H groups in total. The number of methoxy groups -OCH3 is 1. The van der Waals surface area contributed by atoms with Crippen LogP contribution in [0.1, 0.15) is 38.9 Å². The van der Waals surface area contributed by atoms with Crippen molar-refractivity contribution >= 4 is 6.09 Å². The fourth-order valence-corrected chi connectivity index (χ4v) is 9.30. The van der Waals surface area contributed by atoms with Crippen molar-refractivity contribution in [3.8, 4) is 0 Å². The molecule has 1 amide bonds. The monoisotopic (exact) mass is 1030 g/mol. The van der Waals surface area contributed by atoms with Crippen molar-refractivity contribution in [2.45, 2.75) is 108 Å². The van der Waals surface area contributed by atoms with E-state index in [2.05, 4.69) is 5.32 Å². The second-order valence-corrected chi connectivity index (χ2v) is 18.7. The zero-order valence-electron chi connectivity index (χ0n) is 42.7. The molecule has 13 heteroatoms. The molecule has 0 unspecified atom stereocenters. The molecule has 76 heavy (non-hydrogen) atoms. The van der Waals surface area contributed by atoms with E-state index in [0.29, 0.717) is 13.2 Å². The molecule has 0 aromatic heterocycles. The maximum atomic E-state index is 15.0. The van der Waals surface area contributed by atoms with E-state index in [1.807, 2.05) is 212 Å². The number of hydrogen-bond acceptors (Lipinski definition) is 12. The van der Waals surface area contributed by atoms with E-state index >= 15 is 0 Å². The topological polar surface area (TPSA) is 131 Å². The fraction of sp³-hybridized carbons (Fsp3) is 0.317. The molecule has 2 heterocycles. The number of alkyl carbamates (subject to hydrolysis) is 1. The van der Waals surface area contributed by atoms with Crippen molar-refractivity contribution in [3.63, 3.8) is 0 Å². The molecular formula is C63H67NO12. The predicted octanol–water partition coefficient (Wildman–Crippen LogP) is 10.5. The summed E-state index contributed by atoms with van der Waals surface area (Å²) in [5, 5.41) is 3.06. The van der Waals surface area contributed by atoms with E-state index in [4.69, 9.17) is 52.1 Å². The molecule has 396 valence electrons. The fourth-order valence-electron chi connectivity index (χ4n) is 9.30. The molecule has 10 atom stereocenters. The van der Waals surface area contributed by atoms with E-state index in [0.717, 1.165) is 38.9 Å². The third-order valence-corrected chi connectivity index (χ3v) is 13.2. The Morgan fingerprint density at radius 1 is 0.368 bits per heavy atom. The summed E-state index contributed by atoms with van der Waals surface area (Å²) < 4.78 is 73.1. The molecular weight excluding hydrogens is 963 g/mol. The van der Waals surface area contributed by atoms with Crippen molar-refractivity contribution in [1.82, 2.24) is 5.32 Å². The van der Waals surface area contributed by atoms with E-state index in [-0.39, 0.29) is 46.2 Å². The standard InChI is InChI=1S/C63H67NO12/c1-66-62-60(58(72-42-51-33-19-7-20-34-51)56(70-40-49-29-15-5-16-30-49)54(75-62)45-68-38-47-25-11-3-12-26-47)76-63(65)64-61-59(73-43-52-35-21-8-22-36-52)57(71-41-50-31-17-6-18-32-50)55(69-39-48-27-13-4-14-28-48)53(74-61)44-67-37-46-23-9-2-10-24-46/h2-36,53-62H,37-45H2,1H3,(H,64,65)/t53-,54-,55-,56-,57+,58+,59-,60+,61-,62-/m1/s1. The first kappa shape index (κ1) is 54.2. The summed E-state index contributed by atoms with van der Waals surface area (Å²) in [7, 11) is 1.50. The van der Waals surface area contributed by atoms with Crippen LogP contribution in [0.15, 0.2) is 212 Å². The van der Waals surface area contributed by atoms with Crippen LogP contribution in [0.4, 0.5) is 4.79 Å². The number of benzene rings is 7. The van der Waals surface area contributed by atoms with Crippen LogP contribution in [0.5, 0.6) is 0 Å². The van der Waals surface area contributed by atoms with Crippen molar-refractivity contribution in [2.24, 2.45) is 0 Å². The number of rotatable bonds is 26. The van der Waals surface area contributed by atoms with Gasteiger partial charge in [-0.3, -0.25) is 5.32 Å². The van der Waals surface area contributed by atoms with Gasteiger partial charge >= 0.3 is 6.09 Å². The third kappa shape index (κ3) is 16.0. The number of carbonyl (C=O) groups is 1. The van der Waals surface area contributed by atoms with E-state index in [1.165, 1.54) is 7.11 Å². The van der Waals surface area contributed by atoms with E-state index in [9.17, 15) is 4.79 Å². The molecule has 0 bridgehead atoms. The average molecular weight is 1030 g/mol. The lowest BCUT2D eigenvalue weighted by Gasteiger charge is -2.47. The van der Waals surface area contributed by atoms with Gasteiger partial charge < -0.3 is 52.1 Å². The highest BCUT2D eigenvalue weighted by Gasteiger charge is 2.52. The largest absolute Gasteiger partial charge is 0.438 e. The molecule has 7 aromatic rings. The number of nitrogens with one attached hydrogen (secondary N) is 1. The van der Waals surface area contributed by atoms with E-state index < -0.39 is 67.4 Å². The summed E-state index contributed by atoms with van der Waals surface area (Å²) in [4.78, 5) is 15.0. The van der Waals surface area contributed by atoms with E-state index in [1.54, 1.807) is 0 Å². The molecule has 2 saturated heterocycles. The Labute approximate surface area is 445 Å². The van der Waals surface area contributed by atoms with Crippen LogP contribution in [0.2, 0.25) is 0 Å². The van der Waals surface area contributed by atoms with Gasteiger partial charge in [0.1, 0.15) is 42.7 Å². The lowest BCUT2D eigenvalue weighted by atomic mass is 9.96. The smallest absolute Gasteiger partial charge is 0.409 e. The van der Waals surface area contributed by atoms with Gasteiger partial charge in [0.15, 0.2) is 18.6 Å². The Balaban J connectivity index is 1.03. The number of hydrogen-bond donors (Lipinski definition) is 1. The Morgan fingerprint density at radius 3 is 1.00 bits per heavy atom. The van der Waals surface area contributed by atoms with Crippen LogP contribution in [0, 0.1) is 0 Å². The number of carbonyl (C=O) groups excluding carboxylic acids is 1. The summed E-state index contributed by atoms with van der Waals surface area (Å²) in [5.74, 6) is 0. The van der Waals surface area contributed by atoms with Crippen LogP contribution in [0.3, 0.4) is 0 Å².